The van der Waals surface area contributed by atoms with E-state index >= 15 is 0 Å². The number of halogens is 2. The Labute approximate surface area is 159 Å². The van der Waals surface area contributed by atoms with Crippen molar-refractivity contribution >= 4 is 3.21 Å². The average Bonchev–Trinajstić information content (AvgIpc) is 3.05. The summed E-state index contributed by atoms with van der Waals surface area (Å²) in [6.45, 7) is 7.11. The summed E-state index contributed by atoms with van der Waals surface area (Å²) in [5, 5.41) is 0. The van der Waals surface area contributed by atoms with Gasteiger partial charge in [-0.15, -0.1) is 0 Å². The number of hydrogen-bond acceptors (Lipinski definition) is 0. The molecule has 22 heavy (non-hydrogen) atoms. The van der Waals surface area contributed by atoms with E-state index in [0.29, 0.717) is 5.92 Å². The molecule has 1 fully saturated rings. The van der Waals surface area contributed by atoms with Gasteiger partial charge in [-0.05, 0) is 0 Å². The third kappa shape index (κ3) is 4.03. The van der Waals surface area contributed by atoms with Crippen LogP contribution in [0.3, 0.4) is 0 Å². The zero-order valence-corrected chi connectivity index (χ0v) is 17.8. The van der Waals surface area contributed by atoms with Crippen LogP contribution in [0.5, 0.6) is 0 Å². The second kappa shape index (κ2) is 8.95. The molecule has 119 valence electrons. The fourth-order valence-electron chi connectivity index (χ4n) is 3.75. The first-order chi connectivity index (χ1) is 9.68. The first kappa shape index (κ1) is 20.3. The van der Waals surface area contributed by atoms with Crippen molar-refractivity contribution in [3.63, 3.8) is 0 Å². The smallest absolute Gasteiger partial charge is 1.00 e. The Balaban J connectivity index is 0.00000121. The molecule has 0 nitrogen and oxygen atoms in total. The standard InChI is InChI=1S/C13H15.C6H10.2ClH.Zr/c1-9-8-13(11(3)10(9)2)12-6-4-5-7-12;1-2-4-6-5-3-1;;;/h4-6,13H,7H2,1-3H3;1-5H2;2*1H;/q;;;;+2/p-2. The Morgan fingerprint density at radius 1 is 0.955 bits per heavy atom. The summed E-state index contributed by atoms with van der Waals surface area (Å²) < 4.78 is 3.86. The molecule has 0 aromatic rings. The molecular formula is C19H25Cl2Zr. The van der Waals surface area contributed by atoms with Gasteiger partial charge in [0.1, 0.15) is 0 Å². The van der Waals surface area contributed by atoms with Gasteiger partial charge < -0.3 is 24.8 Å². The van der Waals surface area contributed by atoms with Gasteiger partial charge in [-0.3, -0.25) is 0 Å². The maximum absolute atomic E-state index is 2.39. The number of rotatable bonds is 2. The average molecular weight is 416 g/mol. The molecule has 3 heteroatoms. The van der Waals surface area contributed by atoms with Gasteiger partial charge in [0.15, 0.2) is 0 Å². The summed E-state index contributed by atoms with van der Waals surface area (Å²) in [7, 11) is 0. The van der Waals surface area contributed by atoms with Gasteiger partial charge in [0.25, 0.3) is 0 Å². The molecule has 3 aliphatic carbocycles. The Morgan fingerprint density at radius 2 is 1.64 bits per heavy atom. The molecule has 0 aromatic carbocycles. The monoisotopic (exact) mass is 413 g/mol. The molecular weight excluding hydrogens is 390 g/mol. The van der Waals surface area contributed by atoms with E-state index < -0.39 is 22.8 Å². The molecule has 3 aliphatic rings. The van der Waals surface area contributed by atoms with Crippen LogP contribution in [-0.4, -0.2) is 3.21 Å². The molecule has 0 saturated heterocycles. The van der Waals surface area contributed by atoms with Crippen molar-refractivity contribution in [2.24, 2.45) is 5.92 Å². The van der Waals surface area contributed by atoms with Crippen LogP contribution in [0.1, 0.15) is 59.3 Å². The fraction of sp³-hybridized carbons (Fsp3) is 0.526. The molecule has 3 rings (SSSR count). The SMILES string of the molecule is CC1=C(C)C(C2=CC=CC2)[C]([Zr+2]=[C]2CCCCC2)=C1C.[Cl-].[Cl-]. The van der Waals surface area contributed by atoms with Crippen molar-refractivity contribution in [3.8, 4) is 0 Å². The first-order valence-electron chi connectivity index (χ1n) is 8.04. The minimum atomic E-state index is -0.485. The molecule has 0 heterocycles. The van der Waals surface area contributed by atoms with Gasteiger partial charge in [0, 0.05) is 0 Å². The van der Waals surface area contributed by atoms with Crippen LogP contribution in [0, 0.1) is 5.92 Å². The quantitative estimate of drug-likeness (QED) is 0.562. The van der Waals surface area contributed by atoms with Gasteiger partial charge >= 0.3 is 135 Å². The topological polar surface area (TPSA) is 0 Å². The van der Waals surface area contributed by atoms with Crippen LogP contribution in [-0.2, 0) is 22.8 Å². The van der Waals surface area contributed by atoms with E-state index in [1.54, 1.807) is 22.3 Å². The van der Waals surface area contributed by atoms with Crippen molar-refractivity contribution in [1.29, 1.82) is 0 Å². The third-order valence-electron chi connectivity index (χ3n) is 5.22. The summed E-state index contributed by atoms with van der Waals surface area (Å²) in [5.41, 5.74) is 6.55. The van der Waals surface area contributed by atoms with E-state index in [0.717, 1.165) is 0 Å². The van der Waals surface area contributed by atoms with Crippen molar-refractivity contribution in [3.05, 3.63) is 43.8 Å². The second-order valence-electron chi connectivity index (χ2n) is 6.44. The van der Waals surface area contributed by atoms with Crippen molar-refractivity contribution < 1.29 is 47.6 Å². The molecule has 0 amide bonds. The Hall–Kier alpha value is 0.293. The van der Waals surface area contributed by atoms with Crippen LogP contribution in [0.15, 0.2) is 43.8 Å². The zero-order valence-electron chi connectivity index (χ0n) is 13.8. The summed E-state index contributed by atoms with van der Waals surface area (Å²) in [4.78, 5) is 0. The van der Waals surface area contributed by atoms with Gasteiger partial charge in [-0.1, -0.05) is 0 Å². The van der Waals surface area contributed by atoms with E-state index in [2.05, 4.69) is 39.0 Å². The summed E-state index contributed by atoms with van der Waals surface area (Å²) in [6.07, 6.45) is 15.4. The van der Waals surface area contributed by atoms with Crippen LogP contribution < -0.4 is 24.8 Å². The van der Waals surface area contributed by atoms with Crippen molar-refractivity contribution in [2.75, 3.05) is 0 Å². The Bertz CT molecular complexity index is 568. The summed E-state index contributed by atoms with van der Waals surface area (Å²) >= 11 is -0.485. The molecule has 0 aliphatic heterocycles. The second-order valence-corrected chi connectivity index (χ2v) is 10.1. The van der Waals surface area contributed by atoms with E-state index in [4.69, 9.17) is 0 Å². The van der Waals surface area contributed by atoms with Crippen molar-refractivity contribution in [2.45, 2.75) is 59.3 Å². The van der Waals surface area contributed by atoms with Crippen LogP contribution >= 0.6 is 0 Å². The van der Waals surface area contributed by atoms with E-state index in [1.165, 1.54) is 38.5 Å². The van der Waals surface area contributed by atoms with Gasteiger partial charge in [0.05, 0.1) is 0 Å². The first-order valence-corrected chi connectivity index (χ1v) is 10.5. The van der Waals surface area contributed by atoms with Crippen LogP contribution in [0.25, 0.3) is 0 Å². The van der Waals surface area contributed by atoms with Crippen molar-refractivity contribution in [1.82, 2.24) is 0 Å². The molecule has 0 radical (unpaired) electrons. The molecule has 0 N–H and O–H groups in total. The van der Waals surface area contributed by atoms with E-state index in [-0.39, 0.29) is 24.8 Å². The summed E-state index contributed by atoms with van der Waals surface area (Å²) in [6, 6.07) is 0. The zero-order chi connectivity index (χ0) is 14.1. The summed E-state index contributed by atoms with van der Waals surface area (Å²) in [5.74, 6) is 0.686. The number of allylic oxidation sites excluding steroid dienone is 8. The minimum absolute atomic E-state index is 0. The predicted octanol–water partition coefficient (Wildman–Crippen LogP) is -0.660. The Morgan fingerprint density at radius 3 is 2.23 bits per heavy atom. The van der Waals surface area contributed by atoms with E-state index in [1.807, 2.05) is 6.49 Å². The van der Waals surface area contributed by atoms with E-state index in [9.17, 15) is 0 Å². The van der Waals surface area contributed by atoms with Gasteiger partial charge in [-0.2, -0.15) is 0 Å². The van der Waals surface area contributed by atoms with Crippen LogP contribution in [0.4, 0.5) is 0 Å². The minimum Gasteiger partial charge on any atom is -1.00 e. The Kier molecular flexibility index (Phi) is 8.28. The molecule has 1 unspecified atom stereocenters. The molecule has 1 saturated carbocycles. The number of hydrogen-bond donors (Lipinski definition) is 0. The maximum atomic E-state index is 2.39. The molecule has 0 aromatic heterocycles. The van der Waals surface area contributed by atoms with Gasteiger partial charge in [-0.25, -0.2) is 0 Å². The molecule has 0 spiro atoms. The predicted molar refractivity (Wildman–Crippen MR) is 84.5 cm³/mol. The molecule has 0 bridgehead atoms. The third-order valence-corrected chi connectivity index (χ3v) is 9.61. The van der Waals surface area contributed by atoms with Gasteiger partial charge in [0.2, 0.25) is 0 Å². The maximum Gasteiger partial charge on any atom is -1.00 e. The normalized spacial score (nSPS) is 24.0. The fourth-order valence-corrected chi connectivity index (χ4v) is 8.43. The molecule has 1 atom stereocenters. The largest absolute Gasteiger partial charge is 1.00 e. The van der Waals surface area contributed by atoms with Crippen LogP contribution in [0.2, 0.25) is 0 Å².